The van der Waals surface area contributed by atoms with Gasteiger partial charge in [0.25, 0.3) is 0 Å². The van der Waals surface area contributed by atoms with E-state index in [1.54, 1.807) is 0 Å². The summed E-state index contributed by atoms with van der Waals surface area (Å²) in [5.41, 5.74) is 5.92. The molecule has 1 saturated carbocycles. The molecule has 0 amide bonds. The van der Waals surface area contributed by atoms with Gasteiger partial charge in [-0.2, -0.15) is 0 Å². The van der Waals surface area contributed by atoms with Crippen molar-refractivity contribution in [3.63, 3.8) is 0 Å². The molecule has 0 aromatic carbocycles. The first-order valence-corrected chi connectivity index (χ1v) is 5.05. The molecule has 0 bridgehead atoms. The van der Waals surface area contributed by atoms with Crippen LogP contribution in [0.2, 0.25) is 0 Å². The molecule has 12 heavy (non-hydrogen) atoms. The maximum Gasteiger partial charge on any atom is 0.0911 e. The molecule has 0 aromatic rings. The van der Waals surface area contributed by atoms with Crippen LogP contribution in [0.5, 0.6) is 0 Å². The van der Waals surface area contributed by atoms with Crippen LogP contribution < -0.4 is 5.73 Å². The van der Waals surface area contributed by atoms with Crippen LogP contribution in [0.25, 0.3) is 0 Å². The van der Waals surface area contributed by atoms with Gasteiger partial charge in [-0.3, -0.25) is 4.39 Å². The SMILES string of the molecule is CCC1CCCC(N)(CCF)C1. The van der Waals surface area contributed by atoms with E-state index in [0.29, 0.717) is 6.42 Å². The van der Waals surface area contributed by atoms with Gasteiger partial charge in [-0.15, -0.1) is 0 Å². The van der Waals surface area contributed by atoms with Crippen LogP contribution >= 0.6 is 0 Å². The standard InChI is InChI=1S/C10H20FN/c1-2-9-4-3-5-10(12,8-9)6-7-11/h9H,2-8,12H2,1H3. The number of alkyl halides is 1. The third kappa shape index (κ3) is 2.44. The average Bonchev–Trinajstić information content (AvgIpc) is 2.04. The van der Waals surface area contributed by atoms with Gasteiger partial charge in [-0.1, -0.05) is 26.2 Å². The maximum atomic E-state index is 12.2. The highest BCUT2D eigenvalue weighted by Gasteiger charge is 2.31. The third-order valence-electron chi connectivity index (χ3n) is 3.15. The molecule has 0 radical (unpaired) electrons. The normalized spacial score (nSPS) is 36.8. The molecule has 1 aliphatic rings. The summed E-state index contributed by atoms with van der Waals surface area (Å²) in [6.07, 6.45) is 6.30. The second-order valence-corrected chi connectivity index (χ2v) is 4.17. The fraction of sp³-hybridized carbons (Fsp3) is 1.00. The number of halogens is 1. The van der Waals surface area contributed by atoms with Crippen LogP contribution in [-0.4, -0.2) is 12.2 Å². The summed E-state index contributed by atoms with van der Waals surface area (Å²) < 4.78 is 12.2. The van der Waals surface area contributed by atoms with E-state index < -0.39 is 0 Å². The van der Waals surface area contributed by atoms with Crippen LogP contribution in [0, 0.1) is 5.92 Å². The van der Waals surface area contributed by atoms with Crippen molar-refractivity contribution in [1.82, 2.24) is 0 Å². The lowest BCUT2D eigenvalue weighted by atomic mass is 9.74. The molecule has 2 N–H and O–H groups in total. The summed E-state index contributed by atoms with van der Waals surface area (Å²) >= 11 is 0. The Labute approximate surface area is 74.5 Å². The van der Waals surface area contributed by atoms with Gasteiger partial charge < -0.3 is 5.73 Å². The molecular formula is C10H20FN. The Morgan fingerprint density at radius 3 is 2.92 bits per heavy atom. The fourth-order valence-corrected chi connectivity index (χ4v) is 2.29. The lowest BCUT2D eigenvalue weighted by Crippen LogP contribution is -2.44. The topological polar surface area (TPSA) is 26.0 Å². The molecule has 72 valence electrons. The number of hydrogen-bond donors (Lipinski definition) is 1. The summed E-state index contributed by atoms with van der Waals surface area (Å²) in [7, 11) is 0. The minimum atomic E-state index is -0.257. The zero-order chi connectivity index (χ0) is 9.03. The van der Waals surface area contributed by atoms with Crippen molar-refractivity contribution in [2.45, 2.75) is 51.0 Å². The molecule has 0 saturated heterocycles. The largest absolute Gasteiger partial charge is 0.325 e. The number of rotatable bonds is 3. The lowest BCUT2D eigenvalue weighted by molar-refractivity contribution is 0.195. The van der Waals surface area contributed by atoms with Gasteiger partial charge in [-0.25, -0.2) is 0 Å². The van der Waals surface area contributed by atoms with Gasteiger partial charge in [0, 0.05) is 5.54 Å². The van der Waals surface area contributed by atoms with Gasteiger partial charge in [0.05, 0.1) is 6.67 Å². The van der Waals surface area contributed by atoms with Crippen LogP contribution in [0.4, 0.5) is 4.39 Å². The van der Waals surface area contributed by atoms with E-state index in [1.807, 2.05) is 0 Å². The zero-order valence-corrected chi connectivity index (χ0v) is 7.98. The highest BCUT2D eigenvalue weighted by Crippen LogP contribution is 2.34. The van der Waals surface area contributed by atoms with Crippen LogP contribution in [0.1, 0.15) is 45.4 Å². The summed E-state index contributed by atoms with van der Waals surface area (Å²) in [5.74, 6) is 0.746. The smallest absolute Gasteiger partial charge is 0.0911 e. The molecule has 0 aliphatic heterocycles. The van der Waals surface area contributed by atoms with Crippen molar-refractivity contribution in [2.75, 3.05) is 6.67 Å². The Bertz CT molecular complexity index is 134. The molecule has 0 aromatic heterocycles. The van der Waals surface area contributed by atoms with Crippen LogP contribution in [-0.2, 0) is 0 Å². The summed E-state index contributed by atoms with van der Waals surface area (Å²) in [4.78, 5) is 0. The Balaban J connectivity index is 2.43. The van der Waals surface area contributed by atoms with Crippen LogP contribution in [0.3, 0.4) is 0 Å². The van der Waals surface area contributed by atoms with Crippen LogP contribution in [0.15, 0.2) is 0 Å². The first-order chi connectivity index (χ1) is 5.70. The second kappa shape index (κ2) is 4.22. The van der Waals surface area contributed by atoms with Crippen molar-refractivity contribution >= 4 is 0 Å². The van der Waals surface area contributed by atoms with E-state index in [9.17, 15) is 4.39 Å². The molecule has 2 heteroatoms. The molecule has 2 unspecified atom stereocenters. The molecule has 1 aliphatic carbocycles. The first kappa shape index (κ1) is 9.97. The molecule has 1 fully saturated rings. The molecule has 2 atom stereocenters. The Morgan fingerprint density at radius 1 is 1.58 bits per heavy atom. The maximum absolute atomic E-state index is 12.2. The van der Waals surface area contributed by atoms with Gasteiger partial charge in [0.15, 0.2) is 0 Å². The predicted octanol–water partition coefficient (Wildman–Crippen LogP) is 2.64. The van der Waals surface area contributed by atoms with E-state index in [4.69, 9.17) is 5.73 Å². The number of nitrogens with two attached hydrogens (primary N) is 1. The minimum absolute atomic E-state index is 0.173. The average molecular weight is 173 g/mol. The van der Waals surface area contributed by atoms with Crippen molar-refractivity contribution in [1.29, 1.82) is 0 Å². The minimum Gasteiger partial charge on any atom is -0.325 e. The van der Waals surface area contributed by atoms with Gasteiger partial charge >= 0.3 is 0 Å². The fourth-order valence-electron chi connectivity index (χ4n) is 2.29. The third-order valence-corrected chi connectivity index (χ3v) is 3.15. The van der Waals surface area contributed by atoms with Crippen molar-refractivity contribution < 1.29 is 4.39 Å². The monoisotopic (exact) mass is 173 g/mol. The van der Waals surface area contributed by atoms with Crippen molar-refractivity contribution in [3.8, 4) is 0 Å². The zero-order valence-electron chi connectivity index (χ0n) is 7.98. The molecule has 0 spiro atoms. The lowest BCUT2D eigenvalue weighted by Gasteiger charge is -2.37. The van der Waals surface area contributed by atoms with E-state index in [2.05, 4.69) is 6.92 Å². The van der Waals surface area contributed by atoms with Crippen molar-refractivity contribution in [2.24, 2.45) is 11.7 Å². The molecule has 0 heterocycles. The van der Waals surface area contributed by atoms with E-state index in [1.165, 1.54) is 19.3 Å². The Morgan fingerprint density at radius 2 is 2.33 bits per heavy atom. The Hall–Kier alpha value is -0.110. The second-order valence-electron chi connectivity index (χ2n) is 4.17. The summed E-state index contributed by atoms with van der Waals surface area (Å²) in [6, 6.07) is 0. The first-order valence-electron chi connectivity index (χ1n) is 5.05. The van der Waals surface area contributed by atoms with Crippen molar-refractivity contribution in [3.05, 3.63) is 0 Å². The summed E-state index contributed by atoms with van der Waals surface area (Å²) in [5, 5.41) is 0. The van der Waals surface area contributed by atoms with Gasteiger partial charge in [-0.05, 0) is 25.2 Å². The quantitative estimate of drug-likeness (QED) is 0.697. The molecule has 1 rings (SSSR count). The van der Waals surface area contributed by atoms with E-state index in [-0.39, 0.29) is 12.2 Å². The van der Waals surface area contributed by atoms with Gasteiger partial charge in [0.1, 0.15) is 0 Å². The summed E-state index contributed by atoms with van der Waals surface area (Å²) in [6.45, 7) is 1.94. The number of hydrogen-bond acceptors (Lipinski definition) is 1. The molecule has 1 nitrogen and oxygen atoms in total. The van der Waals surface area contributed by atoms with Gasteiger partial charge in [0.2, 0.25) is 0 Å². The van der Waals surface area contributed by atoms with E-state index in [0.717, 1.165) is 18.8 Å². The highest BCUT2D eigenvalue weighted by molar-refractivity contribution is 4.89. The highest BCUT2D eigenvalue weighted by atomic mass is 19.1. The Kier molecular flexibility index (Phi) is 3.51. The van der Waals surface area contributed by atoms with E-state index >= 15 is 0 Å². The molecular weight excluding hydrogens is 153 g/mol. The predicted molar refractivity (Wildman–Crippen MR) is 49.8 cm³/mol.